The minimum absolute atomic E-state index is 0.434. The molecule has 3 N–H and O–H groups in total. The van der Waals surface area contributed by atoms with Gasteiger partial charge in [-0.15, -0.1) is 0 Å². The molecule has 0 radical (unpaired) electrons. The highest BCUT2D eigenvalue weighted by molar-refractivity contribution is 5.77. The third-order valence-corrected chi connectivity index (χ3v) is 1.25. The Balaban J connectivity index is 2.84. The van der Waals surface area contributed by atoms with Crippen LogP contribution in [0.4, 0.5) is 18.0 Å². The number of amides is 2. The molecule has 0 bridgehead atoms. The molecule has 0 saturated carbocycles. The first-order valence-electron chi connectivity index (χ1n) is 2.93. The van der Waals surface area contributed by atoms with Gasteiger partial charge in [-0.1, -0.05) is 0 Å². The van der Waals surface area contributed by atoms with E-state index in [1.807, 2.05) is 0 Å². The van der Waals surface area contributed by atoms with Gasteiger partial charge >= 0.3 is 12.2 Å². The summed E-state index contributed by atoms with van der Waals surface area (Å²) >= 11 is 0. The zero-order valence-corrected chi connectivity index (χ0v) is 5.64. The molecule has 0 aromatic rings. The Morgan fingerprint density at radius 1 is 1.50 bits per heavy atom. The van der Waals surface area contributed by atoms with Gasteiger partial charge in [0.05, 0.1) is 5.57 Å². The average Bonchev–Trinajstić information content (AvgIpc) is 1.83. The number of alkyl halides is 3. The summed E-state index contributed by atoms with van der Waals surface area (Å²) in [5.74, 6) is 0. The van der Waals surface area contributed by atoms with Crippen LogP contribution in [0, 0.1) is 0 Å². The van der Waals surface area contributed by atoms with Crippen molar-refractivity contribution in [1.29, 1.82) is 0 Å². The van der Waals surface area contributed by atoms with Crippen molar-refractivity contribution >= 4 is 6.03 Å². The Kier molecular flexibility index (Phi) is 1.97. The van der Waals surface area contributed by atoms with Crippen molar-refractivity contribution < 1.29 is 23.1 Å². The lowest BCUT2D eigenvalue weighted by Gasteiger charge is -2.22. The van der Waals surface area contributed by atoms with E-state index in [0.717, 1.165) is 0 Å². The molecule has 2 amide bonds. The molecule has 1 rings (SSSR count). The highest BCUT2D eigenvalue weighted by Crippen LogP contribution is 2.27. The highest BCUT2D eigenvalue weighted by atomic mass is 19.4. The molecule has 0 aromatic carbocycles. The lowest BCUT2D eigenvalue weighted by atomic mass is 10.2. The summed E-state index contributed by atoms with van der Waals surface area (Å²) in [6, 6.07) is -0.865. The smallest absolute Gasteiger partial charge is 0.369 e. The molecule has 1 atom stereocenters. The van der Waals surface area contributed by atoms with Crippen molar-refractivity contribution in [3.8, 4) is 0 Å². The van der Waals surface area contributed by atoms with Gasteiger partial charge in [0, 0.05) is 6.20 Å². The number of urea groups is 1. The summed E-state index contributed by atoms with van der Waals surface area (Å²) in [6.45, 7) is 0. The predicted octanol–water partition coefficient (Wildman–Crippen LogP) is 0.0638. The largest absolute Gasteiger partial charge is 0.418 e. The number of hydrogen-bond acceptors (Lipinski definition) is 2. The molecule has 0 aromatic heterocycles. The summed E-state index contributed by atoms with van der Waals surface area (Å²) in [5.41, 5.74) is -1.22. The van der Waals surface area contributed by atoms with Gasteiger partial charge in [-0.25, -0.2) is 4.79 Å². The second kappa shape index (κ2) is 2.67. The third-order valence-electron chi connectivity index (χ3n) is 1.25. The lowest BCUT2D eigenvalue weighted by Crippen LogP contribution is -2.48. The van der Waals surface area contributed by atoms with Crippen LogP contribution in [-0.4, -0.2) is 23.5 Å². The number of carbonyl (C=O) groups excluding carboxylic acids is 1. The quantitative estimate of drug-likeness (QED) is 0.496. The molecule has 0 fully saturated rings. The third kappa shape index (κ3) is 1.67. The Hall–Kier alpha value is -1.24. The van der Waals surface area contributed by atoms with Crippen LogP contribution < -0.4 is 10.6 Å². The summed E-state index contributed by atoms with van der Waals surface area (Å²) in [6.07, 6.45) is -6.19. The van der Waals surface area contributed by atoms with Crippen molar-refractivity contribution in [2.45, 2.75) is 12.4 Å². The Bertz CT molecular complexity index is 235. The van der Waals surface area contributed by atoms with Crippen LogP contribution in [0.25, 0.3) is 0 Å². The molecule has 0 spiro atoms. The Morgan fingerprint density at radius 3 is 2.50 bits per heavy atom. The molecule has 1 aliphatic rings. The van der Waals surface area contributed by atoms with Crippen LogP contribution in [-0.2, 0) is 0 Å². The topological polar surface area (TPSA) is 61.4 Å². The van der Waals surface area contributed by atoms with Crippen molar-refractivity contribution in [2.24, 2.45) is 0 Å². The van der Waals surface area contributed by atoms with E-state index in [2.05, 4.69) is 0 Å². The van der Waals surface area contributed by atoms with E-state index < -0.39 is 24.0 Å². The van der Waals surface area contributed by atoms with Crippen LogP contribution in [0.15, 0.2) is 11.8 Å². The number of aliphatic hydroxyl groups excluding tert-OH is 1. The molecule has 7 heteroatoms. The van der Waals surface area contributed by atoms with E-state index in [1.165, 1.54) is 0 Å². The number of nitrogens with one attached hydrogen (secondary N) is 2. The highest BCUT2D eigenvalue weighted by Gasteiger charge is 2.40. The molecule has 4 nitrogen and oxygen atoms in total. The van der Waals surface area contributed by atoms with Crippen molar-refractivity contribution in [2.75, 3.05) is 0 Å². The minimum atomic E-state index is -4.64. The van der Waals surface area contributed by atoms with E-state index in [-0.39, 0.29) is 0 Å². The number of hydrogen-bond donors (Lipinski definition) is 3. The van der Waals surface area contributed by atoms with Crippen LogP contribution in [0.5, 0.6) is 0 Å². The van der Waals surface area contributed by atoms with Crippen molar-refractivity contribution in [3.63, 3.8) is 0 Å². The number of carbonyl (C=O) groups is 1. The zero-order valence-electron chi connectivity index (χ0n) is 5.64. The normalized spacial score (nSPS) is 24.2. The van der Waals surface area contributed by atoms with Gasteiger partial charge < -0.3 is 15.7 Å². The van der Waals surface area contributed by atoms with E-state index in [4.69, 9.17) is 5.11 Å². The van der Waals surface area contributed by atoms with Gasteiger partial charge in [-0.3, -0.25) is 0 Å². The van der Waals surface area contributed by atoms with E-state index in [9.17, 15) is 18.0 Å². The van der Waals surface area contributed by atoms with Crippen LogP contribution in [0.3, 0.4) is 0 Å². The van der Waals surface area contributed by atoms with Crippen molar-refractivity contribution in [1.82, 2.24) is 10.6 Å². The zero-order chi connectivity index (χ0) is 9.35. The summed E-state index contributed by atoms with van der Waals surface area (Å²) in [4.78, 5) is 10.4. The van der Waals surface area contributed by atoms with Gasteiger partial charge in [0.1, 0.15) is 0 Å². The first kappa shape index (κ1) is 8.85. The average molecular weight is 182 g/mol. The van der Waals surface area contributed by atoms with Gasteiger partial charge in [-0.2, -0.15) is 13.2 Å². The predicted molar refractivity (Wildman–Crippen MR) is 31.8 cm³/mol. The van der Waals surface area contributed by atoms with E-state index in [0.29, 0.717) is 6.20 Å². The van der Waals surface area contributed by atoms with E-state index >= 15 is 0 Å². The molecule has 0 aliphatic carbocycles. The number of rotatable bonds is 0. The Labute approximate surface area is 65.1 Å². The van der Waals surface area contributed by atoms with Gasteiger partial charge in [0.2, 0.25) is 0 Å². The van der Waals surface area contributed by atoms with Crippen LogP contribution in [0.1, 0.15) is 0 Å². The molecular formula is C5H5F3N2O2. The maximum atomic E-state index is 11.9. The maximum absolute atomic E-state index is 11.9. The van der Waals surface area contributed by atoms with Crippen molar-refractivity contribution in [3.05, 3.63) is 11.8 Å². The monoisotopic (exact) mass is 182 g/mol. The maximum Gasteiger partial charge on any atom is 0.418 e. The molecule has 1 aliphatic heterocycles. The van der Waals surface area contributed by atoms with Gasteiger partial charge in [0.25, 0.3) is 0 Å². The summed E-state index contributed by atoms with van der Waals surface area (Å²) < 4.78 is 35.7. The second-order valence-corrected chi connectivity index (χ2v) is 2.12. The summed E-state index contributed by atoms with van der Waals surface area (Å²) in [7, 11) is 0. The summed E-state index contributed by atoms with van der Waals surface area (Å²) in [5, 5.41) is 12.1. The van der Waals surface area contributed by atoms with E-state index in [1.54, 1.807) is 10.6 Å². The number of halogens is 3. The van der Waals surface area contributed by atoms with Gasteiger partial charge in [0.15, 0.2) is 6.23 Å². The second-order valence-electron chi connectivity index (χ2n) is 2.12. The molecule has 1 unspecified atom stereocenters. The minimum Gasteiger partial charge on any atom is -0.369 e. The fourth-order valence-corrected chi connectivity index (χ4v) is 0.703. The molecule has 68 valence electrons. The number of aliphatic hydroxyl groups is 1. The molecule has 1 heterocycles. The van der Waals surface area contributed by atoms with Crippen LogP contribution in [0.2, 0.25) is 0 Å². The molecular weight excluding hydrogens is 177 g/mol. The molecule has 12 heavy (non-hydrogen) atoms. The SMILES string of the molecule is O=C1NC=C(C(F)(F)F)C(O)N1. The fourth-order valence-electron chi connectivity index (χ4n) is 0.703. The van der Waals surface area contributed by atoms with Crippen LogP contribution >= 0.6 is 0 Å². The van der Waals surface area contributed by atoms with Gasteiger partial charge in [-0.05, 0) is 0 Å². The fraction of sp³-hybridized carbons (Fsp3) is 0.400. The standard InChI is InChI=1S/C5H5F3N2O2/c6-5(7,8)2-1-9-4(12)10-3(2)11/h1,3,11H,(H2,9,10,12). The first-order chi connectivity index (χ1) is 5.41. The molecule has 0 saturated heterocycles. The lowest BCUT2D eigenvalue weighted by molar-refractivity contribution is -0.108. The Morgan fingerprint density at radius 2 is 2.08 bits per heavy atom. The first-order valence-corrected chi connectivity index (χ1v) is 2.93.